The van der Waals surface area contributed by atoms with Gasteiger partial charge in [-0.3, -0.25) is 10.1 Å². The Balaban J connectivity index is 1.90. The molecule has 178 valence electrons. The van der Waals surface area contributed by atoms with Gasteiger partial charge in [0.2, 0.25) is 5.70 Å². The molecule has 2 aromatic carbocycles. The van der Waals surface area contributed by atoms with E-state index in [-0.39, 0.29) is 36.8 Å². The predicted molar refractivity (Wildman–Crippen MR) is 108 cm³/mol. The molecule has 0 heterocycles. The Morgan fingerprint density at radius 3 is 2.06 bits per heavy atom. The molecule has 1 aliphatic rings. The highest BCUT2D eigenvalue weighted by Gasteiger charge is 2.39. The Morgan fingerprint density at radius 1 is 1.03 bits per heavy atom. The van der Waals surface area contributed by atoms with E-state index in [4.69, 9.17) is 4.74 Å². The Hall–Kier alpha value is -2.88. The molecular formula is C23H21F6NO3. The van der Waals surface area contributed by atoms with Gasteiger partial charge in [-0.2, -0.15) is 26.3 Å². The number of halogens is 6. The second-order valence-corrected chi connectivity index (χ2v) is 8.10. The van der Waals surface area contributed by atoms with Gasteiger partial charge in [0.15, 0.2) is 0 Å². The summed E-state index contributed by atoms with van der Waals surface area (Å²) in [5.41, 5.74) is -2.85. The lowest BCUT2D eigenvalue weighted by atomic mass is 9.71. The van der Waals surface area contributed by atoms with E-state index in [1.165, 1.54) is 13.0 Å². The summed E-state index contributed by atoms with van der Waals surface area (Å²) >= 11 is 0. The van der Waals surface area contributed by atoms with Crippen molar-refractivity contribution in [3.05, 3.63) is 92.7 Å². The first-order valence-electron chi connectivity index (χ1n) is 10.1. The third-order valence-corrected chi connectivity index (χ3v) is 5.90. The van der Waals surface area contributed by atoms with Crippen LogP contribution < -0.4 is 0 Å². The second-order valence-electron chi connectivity index (χ2n) is 8.10. The molecule has 0 saturated heterocycles. The molecule has 0 spiro atoms. The Morgan fingerprint density at radius 2 is 1.61 bits per heavy atom. The van der Waals surface area contributed by atoms with Crippen LogP contribution in [-0.4, -0.2) is 11.5 Å². The van der Waals surface area contributed by atoms with E-state index in [0.717, 1.165) is 5.56 Å². The molecule has 0 N–H and O–H groups in total. The molecule has 10 heteroatoms. The molecule has 1 aliphatic carbocycles. The molecule has 0 unspecified atom stereocenters. The summed E-state index contributed by atoms with van der Waals surface area (Å²) in [5.74, 6) is 0. The molecule has 0 radical (unpaired) electrons. The van der Waals surface area contributed by atoms with Gasteiger partial charge in [0.25, 0.3) is 0 Å². The number of benzene rings is 2. The number of allylic oxidation sites excluding steroid dienone is 2. The van der Waals surface area contributed by atoms with Crippen molar-refractivity contribution in [3.63, 3.8) is 0 Å². The van der Waals surface area contributed by atoms with Crippen molar-refractivity contribution in [2.45, 2.75) is 50.1 Å². The van der Waals surface area contributed by atoms with E-state index < -0.39 is 39.9 Å². The summed E-state index contributed by atoms with van der Waals surface area (Å²) in [4.78, 5) is 10.6. The summed E-state index contributed by atoms with van der Waals surface area (Å²) in [6.45, 7) is 1.35. The van der Waals surface area contributed by atoms with E-state index >= 15 is 0 Å². The molecule has 3 rings (SSSR count). The number of rotatable bonds is 6. The number of hydrogen-bond acceptors (Lipinski definition) is 3. The molecule has 0 aliphatic heterocycles. The minimum absolute atomic E-state index is 0.0305. The van der Waals surface area contributed by atoms with Crippen LogP contribution in [0.4, 0.5) is 26.3 Å². The molecule has 0 aromatic heterocycles. The normalized spacial score (nSPS) is 20.3. The fourth-order valence-electron chi connectivity index (χ4n) is 3.91. The average molecular weight is 473 g/mol. The SMILES string of the molecule is C[C@@H](OC[C@]1(c2ccccc2)CC=C([N+](=O)[O-])CC1)c1cc(C(F)(F)F)cc(C(F)(F)F)c1. The van der Waals surface area contributed by atoms with Gasteiger partial charge >= 0.3 is 12.4 Å². The van der Waals surface area contributed by atoms with E-state index in [9.17, 15) is 36.5 Å². The molecule has 4 nitrogen and oxygen atoms in total. The van der Waals surface area contributed by atoms with E-state index in [2.05, 4.69) is 0 Å². The van der Waals surface area contributed by atoms with E-state index in [1.807, 2.05) is 12.1 Å². The first kappa shape index (κ1) is 24.8. The molecule has 0 fully saturated rings. The molecule has 2 aromatic rings. The van der Waals surface area contributed by atoms with Crippen molar-refractivity contribution in [2.24, 2.45) is 0 Å². The van der Waals surface area contributed by atoms with Crippen molar-refractivity contribution in [3.8, 4) is 0 Å². The minimum atomic E-state index is -4.95. The maximum Gasteiger partial charge on any atom is 0.416 e. The number of nitro groups is 1. The molecule has 33 heavy (non-hydrogen) atoms. The summed E-state index contributed by atoms with van der Waals surface area (Å²) < 4.78 is 85.0. The first-order valence-corrected chi connectivity index (χ1v) is 10.1. The highest BCUT2D eigenvalue weighted by atomic mass is 19.4. The molecule has 0 bridgehead atoms. The zero-order chi connectivity index (χ0) is 24.4. The smallest absolute Gasteiger partial charge is 0.373 e. The highest BCUT2D eigenvalue weighted by molar-refractivity contribution is 5.35. The molecule has 2 atom stereocenters. The highest BCUT2D eigenvalue weighted by Crippen LogP contribution is 2.41. The van der Waals surface area contributed by atoms with Crippen molar-refractivity contribution in [2.75, 3.05) is 6.61 Å². The Kier molecular flexibility index (Phi) is 6.88. The maximum atomic E-state index is 13.2. The summed E-state index contributed by atoms with van der Waals surface area (Å²) in [6, 6.07) is 10.4. The monoisotopic (exact) mass is 473 g/mol. The van der Waals surface area contributed by atoms with Crippen LogP contribution in [0.2, 0.25) is 0 Å². The van der Waals surface area contributed by atoms with Gasteiger partial charge in [-0.15, -0.1) is 0 Å². The van der Waals surface area contributed by atoms with Crippen LogP contribution in [0, 0.1) is 10.1 Å². The topological polar surface area (TPSA) is 52.4 Å². The molecular weight excluding hydrogens is 452 g/mol. The Labute approximate surface area is 186 Å². The second kappa shape index (κ2) is 9.17. The first-order chi connectivity index (χ1) is 15.3. The number of nitrogens with zero attached hydrogens (tertiary/aromatic N) is 1. The fourth-order valence-corrected chi connectivity index (χ4v) is 3.91. The van der Waals surface area contributed by atoms with Crippen LogP contribution in [-0.2, 0) is 22.5 Å². The van der Waals surface area contributed by atoms with Crippen LogP contribution in [0.3, 0.4) is 0 Å². The predicted octanol–water partition coefficient (Wildman–Crippen LogP) is 7.08. The van der Waals surface area contributed by atoms with Gasteiger partial charge in [0.05, 0.1) is 28.8 Å². The van der Waals surface area contributed by atoms with E-state index in [1.54, 1.807) is 18.2 Å². The average Bonchev–Trinajstić information content (AvgIpc) is 2.76. The third-order valence-electron chi connectivity index (χ3n) is 5.90. The standard InChI is InChI=1S/C23H21F6NO3/c1-15(16-11-18(22(24,25)26)13-19(12-16)23(27,28)29)33-14-21(17-5-3-2-4-6-17)9-7-20(8-10-21)30(31)32/h2-7,11-13,15H,8-10,14H2,1H3/t15-,21+/m1/s1. The maximum absolute atomic E-state index is 13.2. The molecule has 0 saturated carbocycles. The Bertz CT molecular complexity index is 1000. The fraction of sp³-hybridized carbons (Fsp3) is 0.391. The van der Waals surface area contributed by atoms with Crippen LogP contribution in [0.15, 0.2) is 60.3 Å². The van der Waals surface area contributed by atoms with Crippen molar-refractivity contribution < 1.29 is 36.0 Å². The van der Waals surface area contributed by atoms with Crippen molar-refractivity contribution in [1.82, 2.24) is 0 Å². The van der Waals surface area contributed by atoms with Crippen LogP contribution in [0.5, 0.6) is 0 Å². The number of ether oxygens (including phenoxy) is 1. The van der Waals surface area contributed by atoms with Gasteiger partial charge in [-0.05, 0) is 55.2 Å². The van der Waals surface area contributed by atoms with Gasteiger partial charge in [-0.25, -0.2) is 0 Å². The summed E-state index contributed by atoms with van der Waals surface area (Å²) in [6.07, 6.45) is -8.70. The largest absolute Gasteiger partial charge is 0.416 e. The van der Waals surface area contributed by atoms with Crippen LogP contribution in [0.1, 0.15) is 54.5 Å². The van der Waals surface area contributed by atoms with Crippen LogP contribution >= 0.6 is 0 Å². The summed E-state index contributed by atoms with van der Waals surface area (Å²) in [7, 11) is 0. The van der Waals surface area contributed by atoms with Crippen molar-refractivity contribution >= 4 is 0 Å². The quantitative estimate of drug-likeness (QED) is 0.256. The lowest BCUT2D eigenvalue weighted by Gasteiger charge is -2.36. The zero-order valence-electron chi connectivity index (χ0n) is 17.5. The third kappa shape index (κ3) is 5.73. The van der Waals surface area contributed by atoms with Crippen molar-refractivity contribution in [1.29, 1.82) is 0 Å². The summed E-state index contributed by atoms with van der Waals surface area (Å²) in [5, 5.41) is 11.1. The lowest BCUT2D eigenvalue weighted by Crippen LogP contribution is -2.35. The molecule has 0 amide bonds. The minimum Gasteiger partial charge on any atom is -0.373 e. The van der Waals surface area contributed by atoms with Crippen LogP contribution in [0.25, 0.3) is 0 Å². The van der Waals surface area contributed by atoms with E-state index in [0.29, 0.717) is 18.6 Å². The van der Waals surface area contributed by atoms with Gasteiger partial charge in [-0.1, -0.05) is 30.3 Å². The zero-order valence-corrected chi connectivity index (χ0v) is 17.5. The van der Waals surface area contributed by atoms with Gasteiger partial charge in [0, 0.05) is 11.8 Å². The number of alkyl halides is 6. The van der Waals surface area contributed by atoms with Gasteiger partial charge < -0.3 is 4.74 Å². The van der Waals surface area contributed by atoms with Gasteiger partial charge in [0.1, 0.15) is 0 Å². The number of hydrogen-bond donors (Lipinski definition) is 0. The lowest BCUT2D eigenvalue weighted by molar-refractivity contribution is -0.429.